The lowest BCUT2D eigenvalue weighted by Crippen LogP contribution is -2.39. The van der Waals surface area contributed by atoms with Crippen molar-refractivity contribution < 1.29 is 33.3 Å². The monoisotopic (exact) mass is 467 g/mol. The second kappa shape index (κ2) is 10.8. The van der Waals surface area contributed by atoms with Gasteiger partial charge in [-0.25, -0.2) is 4.79 Å². The first-order chi connectivity index (χ1) is 16.3. The number of amides is 1. The molecular formula is C26H29NO7. The molecule has 8 nitrogen and oxygen atoms in total. The first kappa shape index (κ1) is 24.7. The molecule has 0 spiro atoms. The van der Waals surface area contributed by atoms with Gasteiger partial charge in [0.05, 0.1) is 27.6 Å². The number of carboxylic acids is 1. The molecule has 0 radical (unpaired) electrons. The molecule has 0 aliphatic carbocycles. The van der Waals surface area contributed by atoms with Gasteiger partial charge in [0.15, 0.2) is 11.5 Å². The van der Waals surface area contributed by atoms with Gasteiger partial charge in [0.25, 0.3) is 0 Å². The van der Waals surface area contributed by atoms with E-state index in [9.17, 15) is 14.7 Å². The fourth-order valence-electron chi connectivity index (χ4n) is 3.79. The van der Waals surface area contributed by atoms with Gasteiger partial charge in [-0.1, -0.05) is 19.4 Å². The van der Waals surface area contributed by atoms with Crippen molar-refractivity contribution in [3.05, 3.63) is 48.2 Å². The number of rotatable bonds is 10. The minimum Gasteiger partial charge on any atom is -0.496 e. The molecule has 1 unspecified atom stereocenters. The third-order valence-electron chi connectivity index (χ3n) is 5.55. The van der Waals surface area contributed by atoms with Crippen LogP contribution in [-0.4, -0.2) is 44.4 Å². The number of carboxylic acid groups (broad SMARTS) is 1. The smallest absolute Gasteiger partial charge is 0.326 e. The Labute approximate surface area is 198 Å². The molecule has 0 aliphatic heterocycles. The maximum atomic E-state index is 12.5. The maximum absolute atomic E-state index is 12.5. The van der Waals surface area contributed by atoms with Crippen molar-refractivity contribution in [2.45, 2.75) is 32.7 Å². The molecule has 0 saturated heterocycles. The number of benzene rings is 2. The van der Waals surface area contributed by atoms with E-state index >= 15 is 0 Å². The number of carbonyl (C=O) groups is 2. The Morgan fingerprint density at radius 2 is 1.76 bits per heavy atom. The Bertz CT molecular complexity index is 1230. The third-order valence-corrected chi connectivity index (χ3v) is 5.55. The van der Waals surface area contributed by atoms with Crippen molar-refractivity contribution in [3.8, 4) is 28.4 Å². The van der Waals surface area contributed by atoms with Crippen molar-refractivity contribution in [1.29, 1.82) is 0 Å². The fraction of sp³-hybridized carbons (Fsp3) is 0.308. The number of allylic oxidation sites excluding steroid dienone is 1. The van der Waals surface area contributed by atoms with Gasteiger partial charge >= 0.3 is 5.97 Å². The van der Waals surface area contributed by atoms with Crippen molar-refractivity contribution in [3.63, 3.8) is 0 Å². The van der Waals surface area contributed by atoms with Crippen molar-refractivity contribution in [2.75, 3.05) is 21.3 Å². The summed E-state index contributed by atoms with van der Waals surface area (Å²) < 4.78 is 22.1. The molecule has 2 aromatic carbocycles. The van der Waals surface area contributed by atoms with Crippen LogP contribution in [0.3, 0.4) is 0 Å². The van der Waals surface area contributed by atoms with Crippen molar-refractivity contribution in [1.82, 2.24) is 5.32 Å². The van der Waals surface area contributed by atoms with Crippen LogP contribution in [0.15, 0.2) is 47.1 Å². The SMILES string of the molecule is CCCC(NC(=O)/C=C(\C)c1cc2c(-c3ccc(OC)c(OC)c3)coc2cc1OC)C(=O)O. The number of aliphatic carboxylic acids is 1. The number of furan rings is 1. The Kier molecular flexibility index (Phi) is 7.83. The van der Waals surface area contributed by atoms with Gasteiger partial charge < -0.3 is 29.1 Å². The largest absolute Gasteiger partial charge is 0.496 e. The molecule has 8 heteroatoms. The molecule has 1 atom stereocenters. The summed E-state index contributed by atoms with van der Waals surface area (Å²) in [5.74, 6) is 0.210. The van der Waals surface area contributed by atoms with Crippen LogP contribution < -0.4 is 19.5 Å². The summed E-state index contributed by atoms with van der Waals surface area (Å²) in [7, 11) is 4.69. The highest BCUT2D eigenvalue weighted by Gasteiger charge is 2.19. The van der Waals surface area contributed by atoms with E-state index in [1.165, 1.54) is 13.2 Å². The summed E-state index contributed by atoms with van der Waals surface area (Å²) in [6.07, 6.45) is 4.03. The van der Waals surface area contributed by atoms with Crippen LogP contribution in [0.4, 0.5) is 0 Å². The minimum absolute atomic E-state index is 0.354. The van der Waals surface area contributed by atoms with E-state index in [2.05, 4.69) is 5.32 Å². The zero-order valence-corrected chi connectivity index (χ0v) is 19.9. The molecular weight excluding hydrogens is 438 g/mol. The highest BCUT2D eigenvalue weighted by Crippen LogP contribution is 2.39. The summed E-state index contributed by atoms with van der Waals surface area (Å²) in [5.41, 5.74) is 3.64. The Hall–Kier alpha value is -3.94. The molecule has 0 saturated carbocycles. The van der Waals surface area contributed by atoms with E-state index in [1.54, 1.807) is 33.5 Å². The summed E-state index contributed by atoms with van der Waals surface area (Å²) >= 11 is 0. The quantitative estimate of drug-likeness (QED) is 0.409. The van der Waals surface area contributed by atoms with Gasteiger partial charge in [0.2, 0.25) is 5.91 Å². The number of hydrogen-bond donors (Lipinski definition) is 2. The van der Waals surface area contributed by atoms with E-state index in [-0.39, 0.29) is 0 Å². The molecule has 1 heterocycles. The topological polar surface area (TPSA) is 107 Å². The van der Waals surface area contributed by atoms with Crippen LogP contribution in [-0.2, 0) is 9.59 Å². The Balaban J connectivity index is 2.02. The van der Waals surface area contributed by atoms with Crippen LogP contribution in [0, 0.1) is 0 Å². The molecule has 0 aliphatic rings. The number of carbonyl (C=O) groups excluding carboxylic acids is 1. The van der Waals surface area contributed by atoms with Crippen LogP contribution in [0.5, 0.6) is 17.2 Å². The number of fused-ring (bicyclic) bond motifs is 1. The van der Waals surface area contributed by atoms with E-state index in [4.69, 9.17) is 18.6 Å². The molecule has 1 aromatic heterocycles. The van der Waals surface area contributed by atoms with E-state index in [0.717, 1.165) is 16.5 Å². The lowest BCUT2D eigenvalue weighted by molar-refractivity contribution is -0.141. The second-order valence-corrected chi connectivity index (χ2v) is 7.78. The van der Waals surface area contributed by atoms with Crippen LogP contribution in [0.2, 0.25) is 0 Å². The molecule has 1 amide bonds. The predicted octanol–water partition coefficient (Wildman–Crippen LogP) is 4.90. The first-order valence-corrected chi connectivity index (χ1v) is 10.9. The molecule has 34 heavy (non-hydrogen) atoms. The summed E-state index contributed by atoms with van der Waals surface area (Å²) in [6.45, 7) is 3.64. The van der Waals surface area contributed by atoms with Gasteiger partial charge in [0.1, 0.15) is 17.4 Å². The lowest BCUT2D eigenvalue weighted by Gasteiger charge is -2.13. The average molecular weight is 468 g/mol. The number of hydrogen-bond acceptors (Lipinski definition) is 6. The molecule has 3 aromatic rings. The van der Waals surface area contributed by atoms with E-state index in [0.29, 0.717) is 46.8 Å². The molecule has 3 rings (SSSR count). The molecule has 180 valence electrons. The summed E-state index contributed by atoms with van der Waals surface area (Å²) in [4.78, 5) is 23.9. The maximum Gasteiger partial charge on any atom is 0.326 e. The molecule has 2 N–H and O–H groups in total. The fourth-order valence-corrected chi connectivity index (χ4v) is 3.79. The highest BCUT2D eigenvalue weighted by molar-refractivity contribution is 6.01. The van der Waals surface area contributed by atoms with E-state index < -0.39 is 17.9 Å². The standard InChI is InChI=1S/C26H29NO7/c1-6-7-20(26(29)30)27-25(28)10-15(2)17-12-18-19(14-34-23(18)13-22(17)32-4)16-8-9-21(31-3)24(11-16)33-5/h8-14,20H,6-7H2,1-5H3,(H,27,28)(H,29,30)/b15-10+. The molecule has 0 fully saturated rings. The lowest BCUT2D eigenvalue weighted by atomic mass is 9.99. The zero-order chi connectivity index (χ0) is 24.8. The van der Waals surface area contributed by atoms with E-state index in [1.807, 2.05) is 31.2 Å². The van der Waals surface area contributed by atoms with Gasteiger partial charge in [0, 0.05) is 28.7 Å². The normalized spacial score (nSPS) is 12.3. The van der Waals surface area contributed by atoms with Gasteiger partial charge in [-0.3, -0.25) is 4.79 Å². The van der Waals surface area contributed by atoms with Crippen LogP contribution in [0.25, 0.3) is 27.7 Å². The third kappa shape index (κ3) is 5.17. The summed E-state index contributed by atoms with van der Waals surface area (Å²) in [6, 6.07) is 8.32. The van der Waals surface area contributed by atoms with Gasteiger partial charge in [-0.05, 0) is 42.7 Å². The number of ether oxygens (including phenoxy) is 3. The molecule has 0 bridgehead atoms. The predicted molar refractivity (Wildman–Crippen MR) is 129 cm³/mol. The van der Waals surface area contributed by atoms with Crippen molar-refractivity contribution >= 4 is 28.4 Å². The average Bonchev–Trinajstić information content (AvgIpc) is 3.25. The highest BCUT2D eigenvalue weighted by atomic mass is 16.5. The van der Waals surface area contributed by atoms with Gasteiger partial charge in [-0.2, -0.15) is 0 Å². The Morgan fingerprint density at radius 3 is 2.38 bits per heavy atom. The number of nitrogens with one attached hydrogen (secondary N) is 1. The van der Waals surface area contributed by atoms with Crippen molar-refractivity contribution in [2.24, 2.45) is 0 Å². The number of methoxy groups -OCH3 is 3. The Morgan fingerprint density at radius 1 is 1.06 bits per heavy atom. The van der Waals surface area contributed by atoms with Crippen LogP contribution >= 0.6 is 0 Å². The minimum atomic E-state index is -1.06. The van der Waals surface area contributed by atoms with Gasteiger partial charge in [-0.15, -0.1) is 0 Å². The summed E-state index contributed by atoms with van der Waals surface area (Å²) in [5, 5.41) is 12.7. The second-order valence-electron chi connectivity index (χ2n) is 7.78. The zero-order valence-electron chi connectivity index (χ0n) is 19.9. The van der Waals surface area contributed by atoms with Crippen LogP contribution in [0.1, 0.15) is 32.3 Å². The first-order valence-electron chi connectivity index (χ1n) is 10.9.